The third kappa shape index (κ3) is 7.76. The van der Waals surface area contributed by atoms with E-state index in [0.29, 0.717) is 0 Å². The molecule has 23 heavy (non-hydrogen) atoms. The average molecular weight is 331 g/mol. The van der Waals surface area contributed by atoms with Crippen LogP contribution in [0.25, 0.3) is 0 Å². The van der Waals surface area contributed by atoms with Gasteiger partial charge in [0.05, 0.1) is 0 Å². The van der Waals surface area contributed by atoms with E-state index >= 15 is 0 Å². The van der Waals surface area contributed by atoms with Crippen molar-refractivity contribution in [3.05, 3.63) is 29.8 Å². The first-order valence-electron chi connectivity index (χ1n) is 6.14. The van der Waals surface area contributed by atoms with Crippen LogP contribution in [-0.4, -0.2) is 66.8 Å². The maximum absolute atomic E-state index is 10.4. The van der Waals surface area contributed by atoms with E-state index in [1.54, 1.807) is 12.1 Å². The Labute approximate surface area is 130 Å². The maximum atomic E-state index is 10.4. The molecule has 3 atom stereocenters. The molecule has 0 saturated heterocycles. The number of carboxylic acid groups (broad SMARTS) is 3. The molecule has 0 radical (unpaired) electrons. The van der Waals surface area contributed by atoms with E-state index in [1.165, 1.54) is 12.1 Å². The molecule has 0 aliphatic carbocycles. The highest BCUT2D eigenvalue weighted by Crippen LogP contribution is 2.10. The lowest BCUT2D eigenvalue weighted by atomic mass is 10.1. The summed E-state index contributed by atoms with van der Waals surface area (Å²) in [5, 5.41) is 50.0. The predicted octanol–water partition coefficient (Wildman–Crippen LogP) is -1.78. The van der Waals surface area contributed by atoms with E-state index in [2.05, 4.69) is 0 Å². The van der Waals surface area contributed by atoms with Crippen molar-refractivity contribution in [1.29, 1.82) is 0 Å². The van der Waals surface area contributed by atoms with Gasteiger partial charge in [-0.15, -0.1) is 0 Å². The fourth-order valence-corrected chi connectivity index (χ4v) is 1.24. The van der Waals surface area contributed by atoms with Gasteiger partial charge >= 0.3 is 17.9 Å². The maximum Gasteiger partial charge on any atom is 0.335 e. The number of benzene rings is 1. The van der Waals surface area contributed by atoms with Crippen LogP contribution in [0, 0.1) is 0 Å². The van der Waals surface area contributed by atoms with Crippen molar-refractivity contribution >= 4 is 17.9 Å². The number of hydrogen-bond acceptors (Lipinski definition) is 7. The van der Waals surface area contributed by atoms with Gasteiger partial charge in [-0.05, 0) is 24.1 Å². The molecule has 0 amide bonds. The van der Waals surface area contributed by atoms with Crippen LogP contribution in [0.1, 0.15) is 5.56 Å². The van der Waals surface area contributed by atoms with Crippen LogP contribution >= 0.6 is 0 Å². The molecule has 1 aromatic rings. The van der Waals surface area contributed by atoms with Crippen molar-refractivity contribution in [3.63, 3.8) is 0 Å². The normalized spacial score (nSPS) is 13.9. The molecule has 0 fully saturated rings. The van der Waals surface area contributed by atoms with Crippen molar-refractivity contribution in [2.24, 2.45) is 5.73 Å². The lowest BCUT2D eigenvalue weighted by molar-refractivity contribution is -0.165. The summed E-state index contributed by atoms with van der Waals surface area (Å²) in [5.41, 5.74) is 6.12. The fourth-order valence-electron chi connectivity index (χ4n) is 1.24. The van der Waals surface area contributed by atoms with E-state index in [0.717, 1.165) is 5.56 Å². The summed E-state index contributed by atoms with van der Waals surface area (Å²) in [5.74, 6) is -4.40. The molecule has 8 N–H and O–H groups in total. The molecule has 0 aliphatic heterocycles. The van der Waals surface area contributed by atoms with Crippen molar-refractivity contribution < 1.29 is 45.0 Å². The number of aliphatic hydroxyl groups is 2. The van der Waals surface area contributed by atoms with Crippen LogP contribution < -0.4 is 5.73 Å². The summed E-state index contributed by atoms with van der Waals surface area (Å²) in [6, 6.07) is 5.42. The van der Waals surface area contributed by atoms with Crippen molar-refractivity contribution in [2.75, 3.05) is 0 Å². The monoisotopic (exact) mass is 331 g/mol. The summed E-state index contributed by atoms with van der Waals surface area (Å²) < 4.78 is 0. The Morgan fingerprint density at radius 1 is 0.870 bits per heavy atom. The van der Waals surface area contributed by atoms with Crippen LogP contribution in [0.2, 0.25) is 0 Å². The molecule has 0 bridgehead atoms. The van der Waals surface area contributed by atoms with Gasteiger partial charge in [0.15, 0.2) is 12.2 Å². The minimum absolute atomic E-state index is 0.160. The molecule has 0 saturated carbocycles. The molecule has 128 valence electrons. The molecule has 1 rings (SSSR count). The van der Waals surface area contributed by atoms with Crippen LogP contribution in [0.3, 0.4) is 0 Å². The molecule has 0 spiro atoms. The number of carbonyl (C=O) groups is 3. The van der Waals surface area contributed by atoms with Crippen LogP contribution in [-0.2, 0) is 20.8 Å². The molecule has 10 nitrogen and oxygen atoms in total. The second kappa shape index (κ2) is 9.35. The van der Waals surface area contributed by atoms with E-state index in [-0.39, 0.29) is 12.2 Å². The number of hydrogen-bond donors (Lipinski definition) is 7. The minimum atomic E-state index is -2.27. The number of carboxylic acids is 3. The lowest BCUT2D eigenvalue weighted by Gasteiger charge is -2.07. The molecule has 1 aromatic carbocycles. The zero-order valence-electron chi connectivity index (χ0n) is 11.7. The first-order valence-corrected chi connectivity index (χ1v) is 6.14. The Balaban J connectivity index is 0.000000438. The number of aromatic hydroxyl groups is 1. The van der Waals surface area contributed by atoms with Gasteiger partial charge in [-0.2, -0.15) is 0 Å². The van der Waals surface area contributed by atoms with E-state index in [4.69, 9.17) is 36.4 Å². The topological polar surface area (TPSA) is 199 Å². The van der Waals surface area contributed by atoms with Crippen LogP contribution in [0.15, 0.2) is 24.3 Å². The second-order valence-electron chi connectivity index (χ2n) is 4.38. The summed E-state index contributed by atoms with van der Waals surface area (Å²) >= 11 is 0. The number of aliphatic carboxylic acids is 3. The first-order chi connectivity index (χ1) is 10.6. The highest BCUT2D eigenvalue weighted by Gasteiger charge is 2.29. The van der Waals surface area contributed by atoms with Gasteiger partial charge in [-0.25, -0.2) is 9.59 Å². The lowest BCUT2D eigenvalue weighted by Crippen LogP contribution is -2.39. The van der Waals surface area contributed by atoms with Gasteiger partial charge in [-0.3, -0.25) is 4.79 Å². The van der Waals surface area contributed by atoms with Gasteiger partial charge < -0.3 is 36.4 Å². The molecule has 0 aromatic heterocycles. The number of rotatable bonds is 6. The Kier molecular flexibility index (Phi) is 8.26. The quantitative estimate of drug-likeness (QED) is 0.313. The third-order valence-electron chi connectivity index (χ3n) is 2.51. The molecule has 10 heteroatoms. The van der Waals surface area contributed by atoms with E-state index in [9.17, 15) is 14.4 Å². The van der Waals surface area contributed by atoms with Crippen LogP contribution in [0.4, 0.5) is 0 Å². The summed E-state index contributed by atoms with van der Waals surface area (Å²) in [7, 11) is 0. The van der Waals surface area contributed by atoms with Gasteiger partial charge in [-0.1, -0.05) is 12.1 Å². The predicted molar refractivity (Wildman–Crippen MR) is 74.7 cm³/mol. The van der Waals surface area contributed by atoms with Gasteiger partial charge in [0, 0.05) is 0 Å². The first kappa shape index (κ1) is 20.3. The highest BCUT2D eigenvalue weighted by molar-refractivity contribution is 5.83. The smallest absolute Gasteiger partial charge is 0.335 e. The Bertz CT molecular complexity index is 525. The second-order valence-corrected chi connectivity index (χ2v) is 4.38. The molecule has 3 unspecified atom stereocenters. The van der Waals surface area contributed by atoms with E-state index < -0.39 is 36.2 Å². The number of aliphatic hydroxyl groups excluding tert-OH is 2. The third-order valence-corrected chi connectivity index (χ3v) is 2.51. The Hall–Kier alpha value is -2.69. The van der Waals surface area contributed by atoms with Crippen molar-refractivity contribution in [1.82, 2.24) is 0 Å². The number of nitrogens with two attached hydrogens (primary N) is 1. The highest BCUT2D eigenvalue weighted by atomic mass is 16.4. The molecule has 0 aliphatic rings. The average Bonchev–Trinajstić information content (AvgIpc) is 2.48. The van der Waals surface area contributed by atoms with Crippen molar-refractivity contribution in [2.45, 2.75) is 24.7 Å². The van der Waals surface area contributed by atoms with E-state index in [1.807, 2.05) is 0 Å². The molecule has 0 heterocycles. The fraction of sp³-hybridized carbons (Fsp3) is 0.308. The zero-order valence-corrected chi connectivity index (χ0v) is 11.7. The molecular weight excluding hydrogens is 314 g/mol. The van der Waals surface area contributed by atoms with Gasteiger partial charge in [0.2, 0.25) is 0 Å². The van der Waals surface area contributed by atoms with Crippen molar-refractivity contribution in [3.8, 4) is 5.75 Å². The Morgan fingerprint density at radius 3 is 1.57 bits per heavy atom. The Morgan fingerprint density at radius 2 is 1.26 bits per heavy atom. The standard InChI is InChI=1S/C9H11NO3.C4H6O6/c10-8(9(12)13)5-6-1-3-7(11)4-2-6;5-1(3(7)8)2(6)4(9)10/h1-4,8,11H,5,10H2,(H,12,13);1-2,5-6H,(H,7,8)(H,9,10). The molecular formula is C13H17NO9. The summed E-state index contributed by atoms with van der Waals surface area (Å²) in [6.45, 7) is 0. The number of phenolic OH excluding ortho intramolecular Hbond substituents is 1. The SMILES string of the molecule is NC(Cc1ccc(O)cc1)C(=O)O.O=C(O)C(O)C(O)C(=O)O. The zero-order chi connectivity index (χ0) is 18.2. The minimum Gasteiger partial charge on any atom is -0.508 e. The largest absolute Gasteiger partial charge is 0.508 e. The summed E-state index contributed by atoms with van der Waals surface area (Å²) in [4.78, 5) is 29.9. The van der Waals surface area contributed by atoms with Gasteiger partial charge in [0.25, 0.3) is 0 Å². The number of phenols is 1. The van der Waals surface area contributed by atoms with Crippen LogP contribution in [0.5, 0.6) is 5.75 Å². The summed E-state index contributed by atoms with van der Waals surface area (Å²) in [6.07, 6.45) is -4.26. The van der Waals surface area contributed by atoms with Gasteiger partial charge in [0.1, 0.15) is 11.8 Å².